The monoisotopic (exact) mass is 194 g/mol. The maximum Gasteiger partial charge on any atom is 0.150 e. The summed E-state index contributed by atoms with van der Waals surface area (Å²) >= 11 is 0. The minimum absolute atomic E-state index is 0.0613. The lowest BCUT2D eigenvalue weighted by atomic mass is 10.0. The molecule has 3 heteroatoms. The maximum atomic E-state index is 11.4. The number of unbranched alkanes of at least 4 members (excludes halogenated alkanes) is 1. The van der Waals surface area contributed by atoms with E-state index in [2.05, 4.69) is 5.32 Å². The summed E-state index contributed by atoms with van der Waals surface area (Å²) in [5.74, 6) is 0.0613. The lowest BCUT2D eigenvalue weighted by Gasteiger charge is -2.15. The van der Waals surface area contributed by atoms with E-state index in [4.69, 9.17) is 19.6 Å². The largest absolute Gasteiger partial charge is 0.330 e. The number of carbonyl (C=O) groups excluding carboxylic acids is 1. The van der Waals surface area contributed by atoms with Crippen LogP contribution >= 0.6 is 0 Å². The average molecular weight is 194 g/mol. The summed E-state index contributed by atoms with van der Waals surface area (Å²) in [5.41, 5.74) is 5.36. The van der Waals surface area contributed by atoms with Crippen LogP contribution in [0.25, 0.3) is 0 Å². The van der Waals surface area contributed by atoms with E-state index >= 15 is 0 Å². The van der Waals surface area contributed by atoms with Crippen LogP contribution in [0.5, 0.6) is 0 Å². The highest BCUT2D eigenvalue weighted by Crippen LogP contribution is 2.05. The third-order valence-electron chi connectivity index (χ3n) is 1.95. The Kier molecular flexibility index (Phi) is 8.89. The fourth-order valence-electron chi connectivity index (χ4n) is 1.20. The highest BCUT2D eigenvalue weighted by molar-refractivity contribution is 5.85. The van der Waals surface area contributed by atoms with E-state index in [9.17, 15) is 4.79 Å². The molecule has 0 saturated heterocycles. The van der Waals surface area contributed by atoms with Crippen LogP contribution < -0.4 is 11.1 Å². The summed E-state index contributed by atoms with van der Waals surface area (Å²) in [6.07, 6.45) is 4.21. The van der Waals surface area contributed by atoms with Crippen LogP contribution in [-0.4, -0.2) is 18.4 Å². The Morgan fingerprint density at radius 3 is 2.64 bits per heavy atom. The van der Waals surface area contributed by atoms with E-state index in [-0.39, 0.29) is 18.2 Å². The predicted molar refractivity (Wildman–Crippen MR) is 56.7 cm³/mol. The Labute approximate surface area is 87.4 Å². The zero-order valence-corrected chi connectivity index (χ0v) is 8.41. The third kappa shape index (κ3) is 6.11. The number of Topliss-reactive ketones (excluding diaryl/α,β-unsaturated/α-hetero) is 1. The molecule has 3 N–H and O–H groups in total. The van der Waals surface area contributed by atoms with Gasteiger partial charge in [0, 0.05) is 13.0 Å². The number of nitrogens with two attached hydrogens (primary N) is 1. The van der Waals surface area contributed by atoms with Crippen LogP contribution in [0.15, 0.2) is 0 Å². The first-order chi connectivity index (χ1) is 6.76. The first-order valence-electron chi connectivity index (χ1n) is 4.82. The molecule has 3 nitrogen and oxygen atoms in total. The van der Waals surface area contributed by atoms with Crippen molar-refractivity contribution in [3.63, 3.8) is 0 Å². The molecule has 0 unspecified atom stereocenters. The topological polar surface area (TPSA) is 55.1 Å². The van der Waals surface area contributed by atoms with E-state index in [1.165, 1.54) is 13.0 Å². The van der Waals surface area contributed by atoms with Gasteiger partial charge in [-0.05, 0) is 39.7 Å². The van der Waals surface area contributed by atoms with Crippen LogP contribution in [0.1, 0.15) is 25.7 Å². The smallest absolute Gasteiger partial charge is 0.150 e. The molecular weight excluding hydrogens is 176 g/mol. The van der Waals surface area contributed by atoms with Gasteiger partial charge in [0.1, 0.15) is 5.78 Å². The van der Waals surface area contributed by atoms with Gasteiger partial charge in [0.05, 0.1) is 6.04 Å². The first-order valence-corrected chi connectivity index (χ1v) is 4.82. The van der Waals surface area contributed by atoms with Crippen molar-refractivity contribution in [2.75, 3.05) is 6.54 Å². The number of ketones is 1. The summed E-state index contributed by atoms with van der Waals surface area (Å²) in [4.78, 5) is 11.4. The molecule has 0 aromatic rings. The standard InChI is InChI=1S/C11H18N2O/c1-3-7-11(14)10(13-4-2)8-5-6-9-12/h1-4,10,13H,5-9,12H2/t10-/m0/s1. The van der Waals surface area contributed by atoms with Crippen molar-refractivity contribution in [2.24, 2.45) is 5.73 Å². The van der Waals surface area contributed by atoms with E-state index in [1.807, 2.05) is 0 Å². The number of nitrogens with one attached hydrogen (secondary N) is 1. The Bertz CT molecular complexity index is 148. The first kappa shape index (κ1) is 13.6. The summed E-state index contributed by atoms with van der Waals surface area (Å²) in [6.45, 7) is 12.3. The SMILES string of the molecule is [CH][CH]CC(=O)[C@H](CCCCN)N[CH][CH]. The Hall–Kier alpha value is -0.410. The van der Waals surface area contributed by atoms with Gasteiger partial charge >= 0.3 is 0 Å². The van der Waals surface area contributed by atoms with Crippen molar-refractivity contribution in [3.8, 4) is 0 Å². The summed E-state index contributed by atoms with van der Waals surface area (Å²) in [7, 11) is 0. The number of hydrogen-bond acceptors (Lipinski definition) is 3. The molecule has 1 atom stereocenters. The van der Waals surface area contributed by atoms with E-state index in [1.54, 1.807) is 0 Å². The second-order valence-electron chi connectivity index (χ2n) is 3.08. The molecule has 0 fully saturated rings. The van der Waals surface area contributed by atoms with Crippen LogP contribution in [-0.2, 0) is 4.79 Å². The van der Waals surface area contributed by atoms with Gasteiger partial charge in [0.15, 0.2) is 0 Å². The van der Waals surface area contributed by atoms with Gasteiger partial charge in [0.25, 0.3) is 0 Å². The lowest BCUT2D eigenvalue weighted by molar-refractivity contribution is -0.120. The molecule has 0 aliphatic carbocycles. The lowest BCUT2D eigenvalue weighted by Crippen LogP contribution is -2.34. The maximum absolute atomic E-state index is 11.4. The quantitative estimate of drug-likeness (QED) is 0.534. The molecule has 78 valence electrons. The predicted octanol–water partition coefficient (Wildman–Crippen LogP) is 0.821. The van der Waals surface area contributed by atoms with Crippen molar-refractivity contribution < 1.29 is 4.79 Å². The van der Waals surface area contributed by atoms with Crippen molar-refractivity contribution in [3.05, 3.63) is 26.8 Å². The van der Waals surface area contributed by atoms with Gasteiger partial charge in [-0.25, -0.2) is 0 Å². The van der Waals surface area contributed by atoms with Crippen LogP contribution in [0.2, 0.25) is 0 Å². The zero-order valence-electron chi connectivity index (χ0n) is 8.41. The van der Waals surface area contributed by atoms with Crippen molar-refractivity contribution in [1.29, 1.82) is 0 Å². The molecule has 0 aromatic heterocycles. The molecule has 0 aliphatic heterocycles. The average Bonchev–Trinajstić information content (AvgIpc) is 2.17. The van der Waals surface area contributed by atoms with E-state index < -0.39 is 0 Å². The van der Waals surface area contributed by atoms with Gasteiger partial charge in [-0.1, -0.05) is 6.42 Å². The second kappa shape index (κ2) is 9.16. The molecule has 0 aliphatic rings. The molecule has 0 bridgehead atoms. The van der Waals surface area contributed by atoms with Crippen molar-refractivity contribution in [1.82, 2.24) is 5.32 Å². The minimum atomic E-state index is -0.230. The fraction of sp³-hybridized carbons (Fsp3) is 0.545. The number of carbonyl (C=O) groups is 1. The molecular formula is C11H18N2O. The summed E-state index contributed by atoms with van der Waals surface area (Å²) in [5, 5.41) is 2.81. The molecule has 0 heterocycles. The minimum Gasteiger partial charge on any atom is -0.330 e. The van der Waals surface area contributed by atoms with Gasteiger partial charge in [0.2, 0.25) is 0 Å². The Morgan fingerprint density at radius 2 is 2.14 bits per heavy atom. The third-order valence-corrected chi connectivity index (χ3v) is 1.95. The normalized spacial score (nSPS) is 12.8. The van der Waals surface area contributed by atoms with Crippen LogP contribution in [0, 0.1) is 26.8 Å². The Balaban J connectivity index is 3.81. The van der Waals surface area contributed by atoms with E-state index in [0.29, 0.717) is 6.54 Å². The molecule has 0 aromatic carbocycles. The molecule has 6 radical (unpaired) electrons. The highest BCUT2D eigenvalue weighted by atomic mass is 16.1. The second-order valence-corrected chi connectivity index (χ2v) is 3.08. The number of hydrogen-bond donors (Lipinski definition) is 2. The van der Waals surface area contributed by atoms with Gasteiger partial charge in [-0.15, -0.1) is 0 Å². The Morgan fingerprint density at radius 1 is 1.43 bits per heavy atom. The van der Waals surface area contributed by atoms with E-state index in [0.717, 1.165) is 19.3 Å². The van der Waals surface area contributed by atoms with Gasteiger partial charge in [-0.2, -0.15) is 0 Å². The molecule has 0 spiro atoms. The van der Waals surface area contributed by atoms with Crippen LogP contribution in [0.4, 0.5) is 0 Å². The van der Waals surface area contributed by atoms with Crippen LogP contribution in [0.3, 0.4) is 0 Å². The molecule has 0 saturated carbocycles. The molecule has 14 heavy (non-hydrogen) atoms. The van der Waals surface area contributed by atoms with Crippen molar-refractivity contribution in [2.45, 2.75) is 31.7 Å². The van der Waals surface area contributed by atoms with Crippen molar-refractivity contribution >= 4 is 5.78 Å². The summed E-state index contributed by atoms with van der Waals surface area (Å²) in [6, 6.07) is -0.230. The van der Waals surface area contributed by atoms with Gasteiger partial charge in [-0.3, -0.25) is 4.79 Å². The zero-order chi connectivity index (χ0) is 10.8. The summed E-state index contributed by atoms with van der Waals surface area (Å²) < 4.78 is 0. The molecule has 0 rings (SSSR count). The fourth-order valence-corrected chi connectivity index (χ4v) is 1.20. The number of rotatable bonds is 9. The highest BCUT2D eigenvalue weighted by Gasteiger charge is 2.15. The molecule has 0 amide bonds. The van der Waals surface area contributed by atoms with Gasteiger partial charge < -0.3 is 11.1 Å².